The highest BCUT2D eigenvalue weighted by atomic mass is 35.5. The highest BCUT2D eigenvalue weighted by Gasteiger charge is 2.15. The lowest BCUT2D eigenvalue weighted by Gasteiger charge is -2.12. The quantitative estimate of drug-likeness (QED) is 0.869. The van der Waals surface area contributed by atoms with Gasteiger partial charge in [-0.15, -0.1) is 12.4 Å². The first-order valence-electron chi connectivity index (χ1n) is 4.99. The van der Waals surface area contributed by atoms with Crippen LogP contribution in [0.3, 0.4) is 0 Å². The molecule has 0 amide bonds. The van der Waals surface area contributed by atoms with E-state index in [0.717, 1.165) is 0 Å². The molecule has 0 aromatic heterocycles. The lowest BCUT2D eigenvalue weighted by Crippen LogP contribution is -2.37. The molecule has 0 aliphatic carbocycles. The molecule has 0 radical (unpaired) electrons. The predicted molar refractivity (Wildman–Crippen MR) is 77.4 cm³/mol. The highest BCUT2D eigenvalue weighted by Crippen LogP contribution is 2.24. The number of benzene rings is 1. The van der Waals surface area contributed by atoms with Gasteiger partial charge in [-0.05, 0) is 32.2 Å². The van der Waals surface area contributed by atoms with Crippen molar-refractivity contribution < 1.29 is 8.42 Å². The van der Waals surface area contributed by atoms with Gasteiger partial charge >= 0.3 is 0 Å². The number of rotatable bonds is 5. The van der Waals surface area contributed by atoms with Crippen LogP contribution in [0.4, 0.5) is 0 Å². The Morgan fingerprint density at radius 3 is 2.39 bits per heavy atom. The van der Waals surface area contributed by atoms with Gasteiger partial charge in [0.1, 0.15) is 0 Å². The fourth-order valence-electron chi connectivity index (χ4n) is 1.06. The lowest BCUT2D eigenvalue weighted by atomic mass is 10.4. The molecule has 1 unspecified atom stereocenters. The van der Waals surface area contributed by atoms with Crippen LogP contribution in [0.15, 0.2) is 23.1 Å². The number of nitrogens with one attached hydrogen (secondary N) is 2. The molecule has 1 atom stereocenters. The molecular weight excluding hydrogens is 319 g/mol. The van der Waals surface area contributed by atoms with E-state index >= 15 is 0 Å². The van der Waals surface area contributed by atoms with Crippen LogP contribution in [0, 0.1) is 0 Å². The van der Waals surface area contributed by atoms with E-state index in [-0.39, 0.29) is 28.4 Å². The first kappa shape index (κ1) is 18.0. The zero-order valence-electron chi connectivity index (χ0n) is 9.91. The Morgan fingerprint density at radius 1 is 1.28 bits per heavy atom. The first-order valence-corrected chi connectivity index (χ1v) is 7.22. The van der Waals surface area contributed by atoms with Crippen molar-refractivity contribution in [1.29, 1.82) is 0 Å². The van der Waals surface area contributed by atoms with Crippen molar-refractivity contribution in [3.8, 4) is 0 Å². The molecule has 1 aromatic carbocycles. The summed E-state index contributed by atoms with van der Waals surface area (Å²) in [5.41, 5.74) is 0. The van der Waals surface area contributed by atoms with Crippen LogP contribution >= 0.6 is 35.6 Å². The van der Waals surface area contributed by atoms with E-state index in [1.54, 1.807) is 7.05 Å². The Labute approximate surface area is 124 Å². The van der Waals surface area contributed by atoms with Crippen molar-refractivity contribution in [2.24, 2.45) is 0 Å². The van der Waals surface area contributed by atoms with E-state index in [4.69, 9.17) is 23.2 Å². The second kappa shape index (κ2) is 7.53. The summed E-state index contributed by atoms with van der Waals surface area (Å²) in [5, 5.41) is 3.48. The van der Waals surface area contributed by atoms with Gasteiger partial charge in [0, 0.05) is 12.6 Å². The molecule has 0 spiro atoms. The zero-order valence-corrected chi connectivity index (χ0v) is 13.1. The second-order valence-corrected chi connectivity index (χ2v) is 6.20. The fraction of sp³-hybridized carbons (Fsp3) is 0.400. The fourth-order valence-corrected chi connectivity index (χ4v) is 2.58. The van der Waals surface area contributed by atoms with Gasteiger partial charge in [-0.1, -0.05) is 23.2 Å². The Hall–Kier alpha value is -0.0400. The van der Waals surface area contributed by atoms with Gasteiger partial charge in [0.2, 0.25) is 10.0 Å². The Bertz CT molecular complexity index is 494. The van der Waals surface area contributed by atoms with Crippen LogP contribution in [0.2, 0.25) is 10.0 Å². The third-order valence-electron chi connectivity index (χ3n) is 2.27. The minimum atomic E-state index is -3.54. The highest BCUT2D eigenvalue weighted by molar-refractivity contribution is 7.89. The van der Waals surface area contributed by atoms with E-state index in [0.29, 0.717) is 11.6 Å². The molecular formula is C10H15Cl3N2O2S. The van der Waals surface area contributed by atoms with Crippen molar-refractivity contribution in [3.63, 3.8) is 0 Å². The van der Waals surface area contributed by atoms with Gasteiger partial charge in [0.15, 0.2) is 0 Å². The summed E-state index contributed by atoms with van der Waals surface area (Å²) in [6.07, 6.45) is 0. The third-order valence-corrected chi connectivity index (χ3v) is 4.43. The molecule has 0 heterocycles. The summed E-state index contributed by atoms with van der Waals surface area (Å²) in [5.74, 6) is 0. The van der Waals surface area contributed by atoms with E-state index in [9.17, 15) is 8.42 Å². The zero-order chi connectivity index (χ0) is 13.1. The topological polar surface area (TPSA) is 58.2 Å². The Kier molecular flexibility index (Phi) is 7.51. The monoisotopic (exact) mass is 332 g/mol. The van der Waals surface area contributed by atoms with Crippen molar-refractivity contribution in [3.05, 3.63) is 28.2 Å². The third kappa shape index (κ3) is 4.91. The van der Waals surface area contributed by atoms with Crippen LogP contribution in [0.25, 0.3) is 0 Å². The van der Waals surface area contributed by atoms with Crippen LogP contribution in [-0.2, 0) is 10.0 Å². The van der Waals surface area contributed by atoms with Gasteiger partial charge in [0.25, 0.3) is 0 Å². The lowest BCUT2D eigenvalue weighted by molar-refractivity contribution is 0.554. The van der Waals surface area contributed by atoms with Gasteiger partial charge in [0.05, 0.1) is 14.9 Å². The molecule has 0 saturated carbocycles. The summed E-state index contributed by atoms with van der Waals surface area (Å²) in [4.78, 5) is 0.107. The van der Waals surface area contributed by atoms with E-state index in [1.165, 1.54) is 18.2 Å². The SMILES string of the molecule is CNC(C)CNS(=O)(=O)c1ccc(Cl)c(Cl)c1.Cl. The number of hydrogen-bond donors (Lipinski definition) is 2. The molecule has 18 heavy (non-hydrogen) atoms. The van der Waals surface area contributed by atoms with E-state index in [1.807, 2.05) is 6.92 Å². The summed E-state index contributed by atoms with van der Waals surface area (Å²) in [6, 6.07) is 4.25. The van der Waals surface area contributed by atoms with Crippen LogP contribution in [0.5, 0.6) is 0 Å². The van der Waals surface area contributed by atoms with Crippen LogP contribution < -0.4 is 10.0 Å². The Morgan fingerprint density at radius 2 is 1.89 bits per heavy atom. The van der Waals surface area contributed by atoms with Crippen LogP contribution in [0.1, 0.15) is 6.92 Å². The van der Waals surface area contributed by atoms with Crippen molar-refractivity contribution in [2.45, 2.75) is 17.9 Å². The number of sulfonamides is 1. The molecule has 104 valence electrons. The van der Waals surface area contributed by atoms with Crippen molar-refractivity contribution in [1.82, 2.24) is 10.0 Å². The van der Waals surface area contributed by atoms with Gasteiger partial charge in [-0.25, -0.2) is 13.1 Å². The average Bonchev–Trinajstić information content (AvgIpc) is 2.29. The van der Waals surface area contributed by atoms with Gasteiger partial charge in [-0.3, -0.25) is 0 Å². The summed E-state index contributed by atoms with van der Waals surface area (Å²) in [6.45, 7) is 2.18. The molecule has 0 saturated heterocycles. The normalized spacial score (nSPS) is 12.9. The predicted octanol–water partition coefficient (Wildman–Crippen LogP) is 2.30. The summed E-state index contributed by atoms with van der Waals surface area (Å²) in [7, 11) is -1.78. The van der Waals surface area contributed by atoms with Gasteiger partial charge < -0.3 is 5.32 Å². The molecule has 4 nitrogen and oxygen atoms in total. The molecule has 0 aliphatic rings. The molecule has 1 aromatic rings. The first-order chi connectivity index (χ1) is 7.86. The number of hydrogen-bond acceptors (Lipinski definition) is 3. The molecule has 2 N–H and O–H groups in total. The molecule has 1 rings (SSSR count). The molecule has 0 bridgehead atoms. The minimum absolute atomic E-state index is 0. The molecule has 0 aliphatic heterocycles. The van der Waals surface area contributed by atoms with E-state index < -0.39 is 10.0 Å². The second-order valence-electron chi connectivity index (χ2n) is 3.62. The average molecular weight is 334 g/mol. The Balaban J connectivity index is 0.00000289. The van der Waals surface area contributed by atoms with Crippen LogP contribution in [-0.4, -0.2) is 28.1 Å². The largest absolute Gasteiger partial charge is 0.316 e. The minimum Gasteiger partial charge on any atom is -0.316 e. The summed E-state index contributed by atoms with van der Waals surface area (Å²) < 4.78 is 26.2. The maximum Gasteiger partial charge on any atom is 0.240 e. The maximum absolute atomic E-state index is 11.9. The summed E-state index contributed by atoms with van der Waals surface area (Å²) >= 11 is 11.5. The smallest absolute Gasteiger partial charge is 0.240 e. The van der Waals surface area contributed by atoms with E-state index in [2.05, 4.69) is 10.0 Å². The number of likely N-dealkylation sites (N-methyl/N-ethyl adjacent to an activating group) is 1. The van der Waals surface area contributed by atoms with Crippen molar-refractivity contribution in [2.75, 3.05) is 13.6 Å². The maximum atomic E-state index is 11.9. The van der Waals surface area contributed by atoms with Crippen molar-refractivity contribution >= 4 is 45.6 Å². The standard InChI is InChI=1S/C10H14Cl2N2O2S.ClH/c1-7(13-2)6-14-17(15,16)8-3-4-9(11)10(12)5-8;/h3-5,7,13-14H,6H2,1-2H3;1H. The molecule has 0 fully saturated rings. The molecule has 8 heteroatoms. The number of halogens is 3. The van der Waals surface area contributed by atoms with Gasteiger partial charge in [-0.2, -0.15) is 0 Å².